The van der Waals surface area contributed by atoms with Crippen LogP contribution in [-0.2, 0) is 11.0 Å². The molecule has 1 N–H and O–H groups in total. The van der Waals surface area contributed by atoms with Crippen LogP contribution >= 0.6 is 15.9 Å². The van der Waals surface area contributed by atoms with Crippen molar-refractivity contribution >= 4 is 28.0 Å². The van der Waals surface area contributed by atoms with E-state index in [1.54, 1.807) is 0 Å². The van der Waals surface area contributed by atoms with E-state index < -0.39 is 11.7 Å². The molecule has 0 aliphatic rings. The molecule has 2 nitrogen and oxygen atoms in total. The smallest absolute Gasteiger partial charge is 0.328 e. The summed E-state index contributed by atoms with van der Waals surface area (Å²) in [7, 11) is 0. The van der Waals surface area contributed by atoms with E-state index in [9.17, 15) is 18.0 Å². The monoisotopic (exact) mass is 267 g/mol. The number of benzene rings is 1. The van der Waals surface area contributed by atoms with Crippen molar-refractivity contribution < 1.29 is 18.0 Å². The van der Waals surface area contributed by atoms with Gasteiger partial charge < -0.3 is 5.32 Å². The van der Waals surface area contributed by atoms with Gasteiger partial charge in [-0.2, -0.15) is 13.2 Å². The van der Waals surface area contributed by atoms with Crippen molar-refractivity contribution in [2.24, 2.45) is 0 Å². The third-order valence-electron chi connectivity index (χ3n) is 1.51. The summed E-state index contributed by atoms with van der Waals surface area (Å²) in [5.41, 5.74) is -0.464. The lowest BCUT2D eigenvalue weighted by molar-refractivity contribution is -0.137. The Kier molecular flexibility index (Phi) is 3.15. The van der Waals surface area contributed by atoms with Gasteiger partial charge in [0, 0.05) is 4.47 Å². The molecule has 1 aromatic carbocycles. The predicted molar refractivity (Wildman–Crippen MR) is 48.8 cm³/mol. The first kappa shape index (κ1) is 11.0. The van der Waals surface area contributed by atoms with E-state index in [1.807, 2.05) is 0 Å². The number of amides is 1. The van der Waals surface area contributed by atoms with Crippen LogP contribution in [0.25, 0.3) is 0 Å². The Balaban J connectivity index is 3.06. The number of alkyl halides is 3. The molecule has 14 heavy (non-hydrogen) atoms. The van der Waals surface area contributed by atoms with E-state index >= 15 is 0 Å². The standard InChI is InChI=1S/C8H5BrF3NO/c9-6-3-5(8(10,11)12)1-2-7(6)13-4-14/h1-4H,(H,13,14). The number of hydrogen-bond acceptors (Lipinski definition) is 1. The number of halogens is 4. The average molecular weight is 268 g/mol. The predicted octanol–water partition coefficient (Wildman–Crippen LogP) is 3.04. The Morgan fingerprint density at radius 3 is 2.43 bits per heavy atom. The van der Waals surface area contributed by atoms with Crippen molar-refractivity contribution in [2.75, 3.05) is 5.32 Å². The van der Waals surface area contributed by atoms with Crippen molar-refractivity contribution in [3.63, 3.8) is 0 Å². The minimum absolute atomic E-state index is 0.194. The third-order valence-corrected chi connectivity index (χ3v) is 2.17. The molecular weight excluding hydrogens is 263 g/mol. The Morgan fingerprint density at radius 1 is 1.36 bits per heavy atom. The van der Waals surface area contributed by atoms with Crippen molar-refractivity contribution in [3.05, 3.63) is 28.2 Å². The number of hydrogen-bond donors (Lipinski definition) is 1. The van der Waals surface area contributed by atoms with Gasteiger partial charge in [0.1, 0.15) is 0 Å². The molecule has 0 saturated carbocycles. The van der Waals surface area contributed by atoms with Crippen molar-refractivity contribution in [1.29, 1.82) is 0 Å². The van der Waals surface area contributed by atoms with E-state index in [0.717, 1.165) is 12.1 Å². The van der Waals surface area contributed by atoms with Crippen LogP contribution in [0.1, 0.15) is 5.56 Å². The van der Waals surface area contributed by atoms with Crippen molar-refractivity contribution in [1.82, 2.24) is 0 Å². The average Bonchev–Trinajstić information content (AvgIpc) is 2.07. The second kappa shape index (κ2) is 4.00. The van der Waals surface area contributed by atoms with Gasteiger partial charge in [-0.15, -0.1) is 0 Å². The quantitative estimate of drug-likeness (QED) is 0.820. The van der Waals surface area contributed by atoms with Gasteiger partial charge in [0.25, 0.3) is 0 Å². The molecule has 6 heteroatoms. The zero-order valence-corrected chi connectivity index (χ0v) is 8.32. The van der Waals surface area contributed by atoms with E-state index in [4.69, 9.17) is 0 Å². The SMILES string of the molecule is O=CNc1ccc(C(F)(F)F)cc1Br. The van der Waals surface area contributed by atoms with Crippen molar-refractivity contribution in [3.8, 4) is 0 Å². The highest BCUT2D eigenvalue weighted by Crippen LogP contribution is 2.33. The normalized spacial score (nSPS) is 11.1. The molecule has 0 fully saturated rings. The summed E-state index contributed by atoms with van der Waals surface area (Å²) >= 11 is 2.92. The summed E-state index contributed by atoms with van der Waals surface area (Å²) in [4.78, 5) is 10.1. The first-order valence-corrected chi connectivity index (χ1v) is 4.31. The van der Waals surface area contributed by atoms with Gasteiger partial charge in [-0.25, -0.2) is 0 Å². The lowest BCUT2D eigenvalue weighted by Crippen LogP contribution is -2.05. The largest absolute Gasteiger partial charge is 0.416 e. The van der Waals surface area contributed by atoms with E-state index in [-0.39, 0.29) is 4.47 Å². The van der Waals surface area contributed by atoms with Crippen LogP contribution in [0.5, 0.6) is 0 Å². The topological polar surface area (TPSA) is 29.1 Å². The number of carbonyl (C=O) groups excluding carboxylic acids is 1. The van der Waals surface area contributed by atoms with E-state index in [1.165, 1.54) is 6.07 Å². The summed E-state index contributed by atoms with van der Waals surface area (Å²) in [6.07, 6.45) is -3.98. The fraction of sp³-hybridized carbons (Fsp3) is 0.125. The molecule has 1 aromatic rings. The molecule has 0 unspecified atom stereocenters. The molecule has 0 aliphatic carbocycles. The van der Waals surface area contributed by atoms with Gasteiger partial charge in [-0.1, -0.05) is 0 Å². The highest BCUT2D eigenvalue weighted by Gasteiger charge is 2.30. The molecule has 0 radical (unpaired) electrons. The summed E-state index contributed by atoms with van der Waals surface area (Å²) in [5.74, 6) is 0. The van der Waals surface area contributed by atoms with Crippen LogP contribution in [0.2, 0.25) is 0 Å². The second-order valence-corrected chi connectivity index (χ2v) is 3.31. The fourth-order valence-corrected chi connectivity index (χ4v) is 1.37. The lowest BCUT2D eigenvalue weighted by atomic mass is 10.2. The molecule has 1 amide bonds. The molecule has 0 atom stereocenters. The maximum atomic E-state index is 12.2. The number of rotatable bonds is 2. The van der Waals surface area contributed by atoms with Crippen molar-refractivity contribution in [2.45, 2.75) is 6.18 Å². The summed E-state index contributed by atoms with van der Waals surface area (Å²) in [6.45, 7) is 0. The summed E-state index contributed by atoms with van der Waals surface area (Å²) in [5, 5.41) is 2.26. The molecule has 1 rings (SSSR count). The summed E-state index contributed by atoms with van der Waals surface area (Å²) in [6, 6.07) is 2.99. The van der Waals surface area contributed by atoms with Crippen LogP contribution in [-0.4, -0.2) is 6.41 Å². The fourth-order valence-electron chi connectivity index (χ4n) is 0.872. The first-order chi connectivity index (χ1) is 6.45. The maximum Gasteiger partial charge on any atom is 0.416 e. The highest BCUT2D eigenvalue weighted by atomic mass is 79.9. The maximum absolute atomic E-state index is 12.2. The van der Waals surface area contributed by atoms with Gasteiger partial charge in [0.05, 0.1) is 11.3 Å². The van der Waals surface area contributed by atoms with Crippen LogP contribution in [0.3, 0.4) is 0 Å². The molecule has 0 spiro atoms. The van der Waals surface area contributed by atoms with Crippen LogP contribution in [0.15, 0.2) is 22.7 Å². The zero-order chi connectivity index (χ0) is 10.8. The van der Waals surface area contributed by atoms with Crippen LogP contribution in [0.4, 0.5) is 18.9 Å². The Bertz CT molecular complexity index is 351. The minimum Gasteiger partial charge on any atom is -0.328 e. The van der Waals surface area contributed by atoms with Gasteiger partial charge in [0.2, 0.25) is 6.41 Å². The first-order valence-electron chi connectivity index (χ1n) is 3.52. The Morgan fingerprint density at radius 2 is 2.00 bits per heavy atom. The highest BCUT2D eigenvalue weighted by molar-refractivity contribution is 9.10. The van der Waals surface area contributed by atoms with Crippen LogP contribution < -0.4 is 5.32 Å². The molecular formula is C8H5BrF3NO. The molecule has 0 saturated heterocycles. The molecule has 0 aliphatic heterocycles. The van der Waals surface area contributed by atoms with Gasteiger partial charge in [-0.05, 0) is 34.1 Å². The molecule has 76 valence electrons. The number of nitrogens with one attached hydrogen (secondary N) is 1. The van der Waals surface area contributed by atoms with Gasteiger partial charge in [0.15, 0.2) is 0 Å². The Labute approximate surface area is 86.2 Å². The molecule has 0 aromatic heterocycles. The Hall–Kier alpha value is -1.04. The van der Waals surface area contributed by atoms with Crippen LogP contribution in [0, 0.1) is 0 Å². The van der Waals surface area contributed by atoms with E-state index in [0.29, 0.717) is 12.1 Å². The molecule has 0 heterocycles. The molecule has 0 bridgehead atoms. The van der Waals surface area contributed by atoms with Gasteiger partial charge in [-0.3, -0.25) is 4.79 Å². The van der Waals surface area contributed by atoms with E-state index in [2.05, 4.69) is 21.2 Å². The zero-order valence-electron chi connectivity index (χ0n) is 6.73. The van der Waals surface area contributed by atoms with Gasteiger partial charge >= 0.3 is 6.18 Å². The lowest BCUT2D eigenvalue weighted by Gasteiger charge is -2.08. The second-order valence-electron chi connectivity index (χ2n) is 2.45. The summed E-state index contributed by atoms with van der Waals surface area (Å²) < 4.78 is 36.7. The number of anilines is 1. The third kappa shape index (κ3) is 2.47. The minimum atomic E-state index is -4.37. The number of carbonyl (C=O) groups is 1.